The number of nitrogens with one attached hydrogen (secondary N) is 1. The fourth-order valence-electron chi connectivity index (χ4n) is 3.67. The molecule has 1 N–H and O–H groups in total. The van der Waals surface area contributed by atoms with Gasteiger partial charge in [0.1, 0.15) is 11.6 Å². The minimum Gasteiger partial charge on any atom is -0.455 e. The van der Waals surface area contributed by atoms with Crippen molar-refractivity contribution >= 4 is 16.9 Å². The standard InChI is InChI=1S/C19H13F3N4O3/c20-12-9-3-1-2-4-11(9)29-16(12)15-13-10(23-7-24-13)5-6-26(15)19(27)17-14(18(21)22)25-8-28-17/h1-4,7-8,15,18H,5-6H2,(H,23,24)/t15-/m0/s1. The van der Waals surface area contributed by atoms with Crippen molar-refractivity contribution in [1.82, 2.24) is 19.9 Å². The lowest BCUT2D eigenvalue weighted by Crippen LogP contribution is -2.41. The van der Waals surface area contributed by atoms with Crippen molar-refractivity contribution in [2.45, 2.75) is 18.9 Å². The number of carbonyl (C=O) groups excluding carboxylic acids is 1. The van der Waals surface area contributed by atoms with E-state index in [1.165, 1.54) is 11.2 Å². The average Bonchev–Trinajstić information content (AvgIpc) is 3.45. The highest BCUT2D eigenvalue weighted by atomic mass is 19.3. The van der Waals surface area contributed by atoms with Gasteiger partial charge in [-0.3, -0.25) is 4.79 Å². The van der Waals surface area contributed by atoms with Crippen LogP contribution in [0.2, 0.25) is 0 Å². The molecule has 4 aromatic rings. The SMILES string of the molecule is O=C(c1ocnc1C(F)F)N1CCc2[nH]cnc2[C@H]1c1oc2ccccc2c1F. The Labute approximate surface area is 161 Å². The van der Waals surface area contributed by atoms with E-state index in [1.54, 1.807) is 24.3 Å². The van der Waals surface area contributed by atoms with Crippen molar-refractivity contribution in [3.8, 4) is 0 Å². The zero-order chi connectivity index (χ0) is 20.1. The third-order valence-electron chi connectivity index (χ3n) is 4.99. The molecule has 5 rings (SSSR count). The smallest absolute Gasteiger partial charge is 0.292 e. The minimum absolute atomic E-state index is 0.120. The Morgan fingerprint density at radius 3 is 2.90 bits per heavy atom. The number of alkyl halides is 2. The largest absolute Gasteiger partial charge is 0.455 e. The van der Waals surface area contributed by atoms with Gasteiger partial charge < -0.3 is 18.7 Å². The number of nitrogens with zero attached hydrogens (tertiary/aromatic N) is 3. The topological polar surface area (TPSA) is 88.2 Å². The van der Waals surface area contributed by atoms with E-state index in [4.69, 9.17) is 8.83 Å². The first kappa shape index (κ1) is 17.5. The van der Waals surface area contributed by atoms with Crippen LogP contribution in [0.25, 0.3) is 11.0 Å². The summed E-state index contributed by atoms with van der Waals surface area (Å²) in [7, 11) is 0. The maximum absolute atomic E-state index is 15.2. The summed E-state index contributed by atoms with van der Waals surface area (Å²) in [6.45, 7) is 0.124. The lowest BCUT2D eigenvalue weighted by Gasteiger charge is -2.33. The number of fused-ring (bicyclic) bond motifs is 2. The van der Waals surface area contributed by atoms with E-state index in [-0.39, 0.29) is 17.7 Å². The highest BCUT2D eigenvalue weighted by molar-refractivity contribution is 5.93. The summed E-state index contributed by atoms with van der Waals surface area (Å²) >= 11 is 0. The van der Waals surface area contributed by atoms with Crippen molar-refractivity contribution in [3.05, 3.63) is 71.4 Å². The molecule has 148 valence electrons. The van der Waals surface area contributed by atoms with E-state index in [0.717, 1.165) is 6.39 Å². The second-order valence-corrected chi connectivity index (χ2v) is 6.56. The molecule has 1 aliphatic heterocycles. The minimum atomic E-state index is -2.99. The number of aromatic amines is 1. The number of imidazole rings is 1. The van der Waals surface area contributed by atoms with Crippen LogP contribution in [0.3, 0.4) is 0 Å². The third kappa shape index (κ3) is 2.63. The zero-order valence-electron chi connectivity index (χ0n) is 14.7. The maximum atomic E-state index is 15.2. The molecular weight excluding hydrogens is 389 g/mol. The Hall–Kier alpha value is -3.56. The number of amides is 1. The quantitative estimate of drug-likeness (QED) is 0.560. The molecule has 3 aromatic heterocycles. The number of rotatable bonds is 3. The Kier molecular flexibility index (Phi) is 3.93. The molecule has 0 fully saturated rings. The number of hydrogen-bond acceptors (Lipinski definition) is 5. The number of benzene rings is 1. The van der Waals surface area contributed by atoms with E-state index < -0.39 is 35.6 Å². The second-order valence-electron chi connectivity index (χ2n) is 6.56. The highest BCUT2D eigenvalue weighted by Gasteiger charge is 2.41. The van der Waals surface area contributed by atoms with Gasteiger partial charge >= 0.3 is 0 Å². The van der Waals surface area contributed by atoms with Gasteiger partial charge in [0.25, 0.3) is 12.3 Å². The number of furan rings is 1. The number of halogens is 3. The number of hydrogen-bond donors (Lipinski definition) is 1. The summed E-state index contributed by atoms with van der Waals surface area (Å²) in [5.74, 6) is -2.17. The van der Waals surface area contributed by atoms with Gasteiger partial charge in [-0.2, -0.15) is 0 Å². The molecule has 1 amide bonds. The molecule has 0 saturated carbocycles. The number of aromatic nitrogens is 3. The summed E-state index contributed by atoms with van der Waals surface area (Å²) in [6, 6.07) is 5.48. The van der Waals surface area contributed by atoms with Crippen LogP contribution >= 0.6 is 0 Å². The third-order valence-corrected chi connectivity index (χ3v) is 4.99. The predicted octanol–water partition coefficient (Wildman–Crippen LogP) is 4.01. The molecular formula is C19H13F3N4O3. The Morgan fingerprint density at radius 2 is 2.10 bits per heavy atom. The molecule has 4 heterocycles. The van der Waals surface area contributed by atoms with Crippen LogP contribution in [-0.2, 0) is 6.42 Å². The molecule has 7 nitrogen and oxygen atoms in total. The summed E-state index contributed by atoms with van der Waals surface area (Å²) < 4.78 is 52.3. The van der Waals surface area contributed by atoms with Crippen LogP contribution in [0.4, 0.5) is 13.2 Å². The van der Waals surface area contributed by atoms with Crippen molar-refractivity contribution < 1.29 is 26.8 Å². The van der Waals surface area contributed by atoms with Gasteiger partial charge in [-0.25, -0.2) is 23.1 Å². The van der Waals surface area contributed by atoms with Gasteiger partial charge in [-0.15, -0.1) is 0 Å². The van der Waals surface area contributed by atoms with Crippen LogP contribution in [0, 0.1) is 5.82 Å². The molecule has 0 unspecified atom stereocenters. The molecule has 0 spiro atoms. The maximum Gasteiger partial charge on any atom is 0.292 e. The number of oxazole rings is 1. The zero-order valence-corrected chi connectivity index (χ0v) is 14.7. The van der Waals surface area contributed by atoms with E-state index in [1.807, 2.05) is 0 Å². The van der Waals surface area contributed by atoms with Gasteiger partial charge in [-0.1, -0.05) is 12.1 Å². The molecule has 1 atom stereocenters. The van der Waals surface area contributed by atoms with E-state index in [2.05, 4.69) is 15.0 Å². The van der Waals surface area contributed by atoms with Crippen molar-refractivity contribution in [2.24, 2.45) is 0 Å². The number of carbonyl (C=O) groups is 1. The molecule has 0 saturated heterocycles. The van der Waals surface area contributed by atoms with Crippen molar-refractivity contribution in [2.75, 3.05) is 6.54 Å². The molecule has 0 aliphatic carbocycles. The normalized spacial score (nSPS) is 16.6. The molecule has 0 bridgehead atoms. The lowest BCUT2D eigenvalue weighted by atomic mass is 9.99. The van der Waals surface area contributed by atoms with E-state index >= 15 is 4.39 Å². The molecule has 29 heavy (non-hydrogen) atoms. The van der Waals surface area contributed by atoms with Crippen LogP contribution in [0.15, 0.2) is 45.8 Å². The lowest BCUT2D eigenvalue weighted by molar-refractivity contribution is 0.0621. The van der Waals surface area contributed by atoms with Gasteiger partial charge in [0.2, 0.25) is 5.76 Å². The molecule has 10 heteroatoms. The van der Waals surface area contributed by atoms with Gasteiger partial charge in [0, 0.05) is 18.7 Å². The molecule has 1 aromatic carbocycles. The number of H-pyrrole nitrogens is 1. The highest BCUT2D eigenvalue weighted by Crippen LogP contribution is 2.39. The summed E-state index contributed by atoms with van der Waals surface area (Å²) in [4.78, 5) is 24.9. The van der Waals surface area contributed by atoms with E-state index in [9.17, 15) is 13.6 Å². The Bertz CT molecular complexity index is 1210. The Balaban J connectivity index is 1.66. The van der Waals surface area contributed by atoms with Crippen molar-refractivity contribution in [3.63, 3.8) is 0 Å². The fraction of sp³-hybridized carbons (Fsp3) is 0.211. The van der Waals surface area contributed by atoms with Gasteiger partial charge in [0.05, 0.1) is 17.4 Å². The molecule has 1 aliphatic rings. The molecule has 0 radical (unpaired) electrons. The van der Waals surface area contributed by atoms with E-state index in [0.29, 0.717) is 23.4 Å². The van der Waals surface area contributed by atoms with Crippen LogP contribution in [-0.4, -0.2) is 32.3 Å². The van der Waals surface area contributed by atoms with Crippen LogP contribution < -0.4 is 0 Å². The Morgan fingerprint density at radius 1 is 1.28 bits per heavy atom. The predicted molar refractivity (Wildman–Crippen MR) is 92.8 cm³/mol. The van der Waals surface area contributed by atoms with Gasteiger partial charge in [0.15, 0.2) is 23.7 Å². The second kappa shape index (κ2) is 6.50. The first-order valence-electron chi connectivity index (χ1n) is 8.77. The summed E-state index contributed by atoms with van der Waals surface area (Å²) in [5, 5.41) is 0.255. The average molecular weight is 402 g/mol. The van der Waals surface area contributed by atoms with Crippen LogP contribution in [0.1, 0.15) is 45.9 Å². The first-order chi connectivity index (χ1) is 14.1. The van der Waals surface area contributed by atoms with Gasteiger partial charge in [-0.05, 0) is 12.1 Å². The summed E-state index contributed by atoms with van der Waals surface area (Å²) in [5.41, 5.74) is 0.654. The first-order valence-corrected chi connectivity index (χ1v) is 8.77. The van der Waals surface area contributed by atoms with Crippen LogP contribution in [0.5, 0.6) is 0 Å². The van der Waals surface area contributed by atoms with Crippen molar-refractivity contribution in [1.29, 1.82) is 0 Å². The fourth-order valence-corrected chi connectivity index (χ4v) is 3.67. The monoisotopic (exact) mass is 402 g/mol. The number of para-hydroxylation sites is 1. The summed E-state index contributed by atoms with van der Waals surface area (Å²) in [6.07, 6.45) is -0.377.